The second kappa shape index (κ2) is 0.752. The topological polar surface area (TPSA) is 21.9 Å². The first-order valence-electron chi connectivity index (χ1n) is 3.06. The van der Waals surface area contributed by atoms with Crippen molar-refractivity contribution in [2.45, 2.75) is 31.8 Å². The molecule has 0 aromatic rings. The first-order chi connectivity index (χ1) is 3.29. The largest absolute Gasteiger partial charge is 0.305 e. The van der Waals surface area contributed by atoms with Crippen LogP contribution in [-0.4, -0.2) is 11.6 Å². The number of fused-ring (bicyclic) bond motifs is 1. The SMILES string of the molecule is CCC1[C@@H]2N[C@@]12C. The van der Waals surface area contributed by atoms with Crippen LogP contribution >= 0.6 is 0 Å². The van der Waals surface area contributed by atoms with E-state index in [1.165, 1.54) is 6.42 Å². The van der Waals surface area contributed by atoms with Gasteiger partial charge in [-0.3, -0.25) is 0 Å². The van der Waals surface area contributed by atoms with Crippen molar-refractivity contribution in [3.8, 4) is 0 Å². The minimum atomic E-state index is 0.634. The lowest BCUT2D eigenvalue weighted by molar-refractivity contribution is 0.537. The summed E-state index contributed by atoms with van der Waals surface area (Å²) in [5.41, 5.74) is 0.634. The van der Waals surface area contributed by atoms with Crippen LogP contribution in [0.2, 0.25) is 0 Å². The molecule has 0 bridgehead atoms. The van der Waals surface area contributed by atoms with Gasteiger partial charge in [0.2, 0.25) is 0 Å². The van der Waals surface area contributed by atoms with Gasteiger partial charge in [-0.2, -0.15) is 0 Å². The Balaban J connectivity index is 2.02. The lowest BCUT2D eigenvalue weighted by atomic mass is 10.2. The van der Waals surface area contributed by atoms with Crippen molar-refractivity contribution in [3.05, 3.63) is 0 Å². The molecule has 1 N–H and O–H groups in total. The number of rotatable bonds is 1. The Morgan fingerprint density at radius 2 is 2.29 bits per heavy atom. The van der Waals surface area contributed by atoms with Crippen molar-refractivity contribution < 1.29 is 0 Å². The van der Waals surface area contributed by atoms with E-state index < -0.39 is 0 Å². The van der Waals surface area contributed by atoms with Crippen LogP contribution in [-0.2, 0) is 0 Å². The molecule has 40 valence electrons. The normalized spacial score (nSPS) is 64.3. The molecule has 1 heteroatoms. The number of nitrogens with one attached hydrogen (secondary N) is 1. The molecule has 0 aromatic heterocycles. The van der Waals surface area contributed by atoms with Gasteiger partial charge in [-0.25, -0.2) is 0 Å². The monoisotopic (exact) mass is 97.1 g/mol. The fourth-order valence-electron chi connectivity index (χ4n) is 1.67. The fourth-order valence-corrected chi connectivity index (χ4v) is 1.67. The minimum Gasteiger partial charge on any atom is -0.305 e. The molecule has 0 spiro atoms. The third-order valence-corrected chi connectivity index (χ3v) is 2.53. The smallest absolute Gasteiger partial charge is 0.0357 e. The summed E-state index contributed by atoms with van der Waals surface area (Å²) in [5, 5.41) is 3.37. The van der Waals surface area contributed by atoms with Gasteiger partial charge < -0.3 is 5.32 Å². The average molecular weight is 97.2 g/mol. The molecular weight excluding hydrogens is 86.1 g/mol. The predicted molar refractivity (Wildman–Crippen MR) is 29.1 cm³/mol. The molecule has 3 atom stereocenters. The second-order valence-electron chi connectivity index (χ2n) is 2.92. The molecule has 1 unspecified atom stereocenters. The highest BCUT2D eigenvalue weighted by molar-refractivity contribution is 5.35. The zero-order chi connectivity index (χ0) is 5.07. The van der Waals surface area contributed by atoms with Gasteiger partial charge in [0.1, 0.15) is 0 Å². The third-order valence-electron chi connectivity index (χ3n) is 2.53. The highest BCUT2D eigenvalue weighted by Gasteiger charge is 2.74. The molecule has 1 aliphatic heterocycles. The van der Waals surface area contributed by atoms with E-state index in [0.717, 1.165) is 12.0 Å². The maximum absolute atomic E-state index is 3.37. The van der Waals surface area contributed by atoms with Gasteiger partial charge in [-0.1, -0.05) is 6.92 Å². The molecule has 0 amide bonds. The number of hydrogen-bond acceptors (Lipinski definition) is 1. The van der Waals surface area contributed by atoms with Crippen LogP contribution in [0.3, 0.4) is 0 Å². The van der Waals surface area contributed by atoms with Gasteiger partial charge in [0, 0.05) is 11.6 Å². The van der Waals surface area contributed by atoms with E-state index in [1.807, 2.05) is 0 Å². The standard InChI is InChI=1S/C6H11N/c1-3-4-5-6(4,2)7-5/h4-5,7H,3H2,1-2H3/t4?,5-,6-/m0/s1. The molecule has 2 aliphatic rings. The van der Waals surface area contributed by atoms with Crippen molar-refractivity contribution in [1.82, 2.24) is 5.32 Å². The van der Waals surface area contributed by atoms with Gasteiger partial charge in [0.15, 0.2) is 0 Å². The van der Waals surface area contributed by atoms with Crippen molar-refractivity contribution in [1.29, 1.82) is 0 Å². The molecule has 1 saturated carbocycles. The third kappa shape index (κ3) is 0.260. The van der Waals surface area contributed by atoms with E-state index in [9.17, 15) is 0 Å². The molecule has 1 saturated heterocycles. The Kier molecular flexibility index (Phi) is 0.419. The Hall–Kier alpha value is -0.0400. The van der Waals surface area contributed by atoms with Crippen LogP contribution in [0.5, 0.6) is 0 Å². The van der Waals surface area contributed by atoms with E-state index in [1.54, 1.807) is 0 Å². The summed E-state index contributed by atoms with van der Waals surface area (Å²) in [6, 6.07) is 0.928. The number of hydrogen-bond donors (Lipinski definition) is 1. The van der Waals surface area contributed by atoms with Crippen LogP contribution in [0.25, 0.3) is 0 Å². The lowest BCUT2D eigenvalue weighted by Crippen LogP contribution is -2.14. The Labute approximate surface area is 44.1 Å². The fraction of sp³-hybridized carbons (Fsp3) is 1.00. The van der Waals surface area contributed by atoms with Crippen molar-refractivity contribution in [2.24, 2.45) is 5.92 Å². The van der Waals surface area contributed by atoms with Gasteiger partial charge in [-0.15, -0.1) is 0 Å². The zero-order valence-electron chi connectivity index (χ0n) is 4.86. The molecule has 1 aliphatic carbocycles. The highest BCUT2D eigenvalue weighted by atomic mass is 15.3. The quantitative estimate of drug-likeness (QED) is 0.479. The molecule has 0 aromatic carbocycles. The predicted octanol–water partition coefficient (Wildman–Crippen LogP) is 0.757. The van der Waals surface area contributed by atoms with Gasteiger partial charge >= 0.3 is 0 Å². The van der Waals surface area contributed by atoms with E-state index in [-0.39, 0.29) is 0 Å². The van der Waals surface area contributed by atoms with Crippen molar-refractivity contribution in [3.63, 3.8) is 0 Å². The summed E-state index contributed by atoms with van der Waals surface area (Å²) in [6.45, 7) is 4.58. The van der Waals surface area contributed by atoms with E-state index in [0.29, 0.717) is 5.54 Å². The average Bonchev–Trinajstić information content (AvgIpc) is 2.28. The van der Waals surface area contributed by atoms with Crippen LogP contribution in [0.1, 0.15) is 20.3 Å². The molecular formula is C6H11N. The Bertz CT molecular complexity index is 111. The molecule has 1 heterocycles. The molecule has 1 nitrogen and oxygen atoms in total. The maximum Gasteiger partial charge on any atom is 0.0357 e. The first kappa shape index (κ1) is 3.90. The minimum absolute atomic E-state index is 0.634. The molecule has 2 rings (SSSR count). The van der Waals surface area contributed by atoms with E-state index >= 15 is 0 Å². The Morgan fingerprint density at radius 3 is 2.29 bits per heavy atom. The summed E-state index contributed by atoms with van der Waals surface area (Å²) < 4.78 is 0. The molecule has 0 radical (unpaired) electrons. The lowest BCUT2D eigenvalue weighted by Gasteiger charge is -2.01. The summed E-state index contributed by atoms with van der Waals surface area (Å²) >= 11 is 0. The summed E-state index contributed by atoms with van der Waals surface area (Å²) in [5.74, 6) is 1.03. The second-order valence-corrected chi connectivity index (χ2v) is 2.92. The molecule has 7 heavy (non-hydrogen) atoms. The van der Waals surface area contributed by atoms with Crippen LogP contribution in [0.4, 0.5) is 0 Å². The highest BCUT2D eigenvalue weighted by Crippen LogP contribution is 2.58. The molecule has 2 fully saturated rings. The van der Waals surface area contributed by atoms with Gasteiger partial charge in [0.25, 0.3) is 0 Å². The Morgan fingerprint density at radius 1 is 1.71 bits per heavy atom. The van der Waals surface area contributed by atoms with Crippen LogP contribution < -0.4 is 5.32 Å². The first-order valence-corrected chi connectivity index (χ1v) is 3.06. The summed E-state index contributed by atoms with van der Waals surface area (Å²) in [7, 11) is 0. The van der Waals surface area contributed by atoms with Gasteiger partial charge in [-0.05, 0) is 19.3 Å². The maximum atomic E-state index is 3.37. The summed E-state index contributed by atoms with van der Waals surface area (Å²) in [6.07, 6.45) is 1.37. The van der Waals surface area contributed by atoms with E-state index in [4.69, 9.17) is 0 Å². The van der Waals surface area contributed by atoms with E-state index in [2.05, 4.69) is 19.2 Å². The van der Waals surface area contributed by atoms with Crippen LogP contribution in [0.15, 0.2) is 0 Å². The van der Waals surface area contributed by atoms with Crippen molar-refractivity contribution in [2.75, 3.05) is 0 Å². The van der Waals surface area contributed by atoms with Gasteiger partial charge in [0.05, 0.1) is 0 Å². The summed E-state index contributed by atoms with van der Waals surface area (Å²) in [4.78, 5) is 0. The van der Waals surface area contributed by atoms with Crippen LogP contribution in [0, 0.1) is 5.92 Å². The zero-order valence-corrected chi connectivity index (χ0v) is 4.86. The van der Waals surface area contributed by atoms with Crippen molar-refractivity contribution >= 4 is 0 Å².